The molecule has 0 fully saturated rings. The Morgan fingerprint density at radius 2 is 1.18 bits per heavy atom. The minimum absolute atomic E-state index is 0. The Morgan fingerprint density at radius 1 is 0.682 bits per heavy atom. The van der Waals surface area contributed by atoms with Crippen LogP contribution >= 0.6 is 0 Å². The van der Waals surface area contributed by atoms with Crippen molar-refractivity contribution < 1.29 is 20.1 Å². The van der Waals surface area contributed by atoms with Crippen LogP contribution in [0.25, 0.3) is 0 Å². The van der Waals surface area contributed by atoms with Crippen LogP contribution in [0, 0.1) is 0 Å². The number of fused-ring (bicyclic) bond motifs is 1. The summed E-state index contributed by atoms with van der Waals surface area (Å²) in [7, 11) is 1.94. The van der Waals surface area contributed by atoms with Crippen LogP contribution in [-0.4, -0.2) is 27.9 Å². The molecule has 3 aromatic rings. The van der Waals surface area contributed by atoms with Crippen LogP contribution in [0.15, 0.2) is 60.9 Å². The Balaban J connectivity index is 0.00000144. The summed E-state index contributed by atoms with van der Waals surface area (Å²) < 4.78 is 0. The van der Waals surface area contributed by atoms with Gasteiger partial charge in [0.05, 0.1) is 11.4 Å². The smallest absolute Gasteiger partial charge is 0.350 e. The van der Waals surface area contributed by atoms with Gasteiger partial charge in [0.25, 0.3) is 0 Å². The molecule has 2 radical (unpaired) electrons. The minimum Gasteiger partial charge on any atom is -0.350 e. The zero-order valence-corrected chi connectivity index (χ0v) is 13.8. The van der Waals surface area contributed by atoms with Crippen LogP contribution in [0.3, 0.4) is 0 Å². The molecule has 0 N–H and O–H groups in total. The predicted molar refractivity (Wildman–Crippen MR) is 80.5 cm³/mol. The molecule has 3 heterocycles. The summed E-state index contributed by atoms with van der Waals surface area (Å²) in [6.45, 7) is 0. The summed E-state index contributed by atoms with van der Waals surface area (Å²) in [4.78, 5) is 3.97. The first-order chi connectivity index (χ1) is 10.4. The number of benzene rings is 1. The Hall–Kier alpha value is -2.31. The van der Waals surface area contributed by atoms with E-state index in [0.29, 0.717) is 0 Å². The minimum atomic E-state index is 0. The molecular weight excluding hydrogens is 455 g/mol. The van der Waals surface area contributed by atoms with Gasteiger partial charge >= 0.3 is 7.55 Å². The van der Waals surface area contributed by atoms with Gasteiger partial charge in [-0.1, -0.05) is 12.1 Å². The fourth-order valence-electron chi connectivity index (χ4n) is 2.32. The van der Waals surface area contributed by atoms with Crippen LogP contribution in [0.1, 0.15) is 0 Å². The summed E-state index contributed by atoms with van der Waals surface area (Å²) in [6.07, 6.45) is 3.32. The van der Waals surface area contributed by atoms with E-state index < -0.39 is 0 Å². The quantitative estimate of drug-likeness (QED) is 0.541. The number of para-hydroxylation sites is 2. The first-order valence-electron chi connectivity index (χ1n) is 6.51. The van der Waals surface area contributed by atoms with Crippen molar-refractivity contribution in [1.82, 2.24) is 20.4 Å². The van der Waals surface area contributed by atoms with Gasteiger partial charge in [0.2, 0.25) is 0 Å². The van der Waals surface area contributed by atoms with E-state index in [2.05, 4.69) is 20.4 Å². The number of nitrogens with zero attached hydrogens (tertiary/aromatic N) is 6. The molecule has 1 aliphatic heterocycles. The number of rotatable bonds is 2. The van der Waals surface area contributed by atoms with Gasteiger partial charge in [0.1, 0.15) is 11.6 Å². The molecule has 0 atom stereocenters. The molecule has 1 aromatic carbocycles. The molecule has 0 unspecified atom stereocenters. The zero-order chi connectivity index (χ0) is 14.1. The van der Waals surface area contributed by atoms with Crippen LogP contribution in [-0.2, 0) is 20.1 Å². The van der Waals surface area contributed by atoms with Crippen LogP contribution in [0.2, 0.25) is 0 Å². The van der Waals surface area contributed by atoms with Gasteiger partial charge < -0.3 is 9.62 Å². The van der Waals surface area contributed by atoms with E-state index in [1.807, 2.05) is 65.7 Å². The van der Waals surface area contributed by atoms with Crippen molar-refractivity contribution in [1.29, 1.82) is 0 Å². The molecule has 0 aliphatic carbocycles. The van der Waals surface area contributed by atoms with Crippen LogP contribution in [0.5, 0.6) is 0 Å². The second-order valence-electron chi connectivity index (χ2n) is 4.51. The van der Waals surface area contributed by atoms with Crippen molar-refractivity contribution >= 4 is 30.6 Å². The fourth-order valence-corrected chi connectivity index (χ4v) is 2.32. The Kier molecular flexibility index (Phi) is 4.13. The molecular formula is C14H10BIrN6. The molecule has 8 heteroatoms. The van der Waals surface area contributed by atoms with E-state index in [1.54, 1.807) is 12.4 Å². The van der Waals surface area contributed by atoms with E-state index in [1.165, 1.54) is 0 Å². The predicted octanol–water partition coefficient (Wildman–Crippen LogP) is 2.09. The van der Waals surface area contributed by atoms with E-state index in [4.69, 9.17) is 0 Å². The number of hydrogen-bond donors (Lipinski definition) is 0. The topological polar surface area (TPSA) is 58.0 Å². The summed E-state index contributed by atoms with van der Waals surface area (Å²) in [5.74, 6) is 1.52. The zero-order valence-electron chi connectivity index (χ0n) is 11.4. The van der Waals surface area contributed by atoms with Crippen molar-refractivity contribution in [2.24, 2.45) is 0 Å². The summed E-state index contributed by atoms with van der Waals surface area (Å²) in [5.41, 5.74) is 2.06. The maximum absolute atomic E-state index is 4.17. The number of hydrogen-bond acceptors (Lipinski definition) is 6. The average molecular weight is 465 g/mol. The van der Waals surface area contributed by atoms with Crippen molar-refractivity contribution in [3.63, 3.8) is 0 Å². The molecule has 108 valence electrons. The largest absolute Gasteiger partial charge is 0.404 e. The summed E-state index contributed by atoms with van der Waals surface area (Å²) >= 11 is 0. The molecule has 0 saturated carbocycles. The van der Waals surface area contributed by atoms with Crippen molar-refractivity contribution in [2.75, 3.05) is 9.62 Å². The molecule has 4 rings (SSSR count). The summed E-state index contributed by atoms with van der Waals surface area (Å²) in [6, 6.07) is 15.6. The second kappa shape index (κ2) is 6.21. The van der Waals surface area contributed by atoms with E-state index in [9.17, 15) is 0 Å². The Morgan fingerprint density at radius 3 is 1.59 bits per heavy atom. The number of aromatic nitrogens is 4. The molecule has 0 bridgehead atoms. The van der Waals surface area contributed by atoms with Gasteiger partial charge in [0, 0.05) is 32.5 Å². The van der Waals surface area contributed by atoms with Gasteiger partial charge in [-0.05, 0) is 36.4 Å². The van der Waals surface area contributed by atoms with Crippen molar-refractivity contribution in [2.45, 2.75) is 0 Å². The molecule has 0 amide bonds. The molecule has 0 saturated heterocycles. The van der Waals surface area contributed by atoms with Crippen molar-refractivity contribution in [3.05, 3.63) is 60.9 Å². The first kappa shape index (κ1) is 14.6. The van der Waals surface area contributed by atoms with Gasteiger partial charge in [-0.2, -0.15) is 10.2 Å². The fraction of sp³-hybridized carbons (Fsp3) is 0. The SMILES string of the molecule is [B]1N(c2cccnn2)c2ccccc2N1c1cccnn1.[Ir]. The molecule has 22 heavy (non-hydrogen) atoms. The van der Waals surface area contributed by atoms with Gasteiger partial charge in [-0.3, -0.25) is 0 Å². The third-order valence-corrected chi connectivity index (χ3v) is 3.24. The van der Waals surface area contributed by atoms with Crippen LogP contribution < -0.4 is 9.62 Å². The van der Waals surface area contributed by atoms with Gasteiger partial charge in [-0.15, -0.1) is 10.2 Å². The third-order valence-electron chi connectivity index (χ3n) is 3.24. The van der Waals surface area contributed by atoms with Gasteiger partial charge in [0.15, 0.2) is 0 Å². The summed E-state index contributed by atoms with van der Waals surface area (Å²) in [5, 5.41) is 16.2. The van der Waals surface area contributed by atoms with Crippen molar-refractivity contribution in [3.8, 4) is 0 Å². The second-order valence-corrected chi connectivity index (χ2v) is 4.51. The standard InChI is InChI=1S/C14H10BN6.Ir/c1-2-6-12-11(5-1)20(13-7-3-9-16-18-13)15-21(12)14-8-4-10-17-19-14;/h1-10H;. The van der Waals surface area contributed by atoms with Gasteiger partial charge in [-0.25, -0.2) is 0 Å². The monoisotopic (exact) mass is 466 g/mol. The third kappa shape index (κ3) is 2.47. The van der Waals surface area contributed by atoms with E-state index in [0.717, 1.165) is 23.0 Å². The normalized spacial score (nSPS) is 12.4. The maximum Gasteiger partial charge on any atom is 0.404 e. The first-order valence-corrected chi connectivity index (χ1v) is 6.51. The molecule has 0 spiro atoms. The van der Waals surface area contributed by atoms with Crippen LogP contribution in [0.4, 0.5) is 23.0 Å². The Labute approximate surface area is 141 Å². The molecule has 6 nitrogen and oxygen atoms in total. The molecule has 2 aromatic heterocycles. The average Bonchev–Trinajstić information content (AvgIpc) is 2.96. The maximum atomic E-state index is 4.17. The Bertz CT molecular complexity index is 693. The van der Waals surface area contributed by atoms with E-state index in [-0.39, 0.29) is 20.1 Å². The van der Waals surface area contributed by atoms with E-state index >= 15 is 0 Å². The number of anilines is 4. The molecule has 1 aliphatic rings.